The minimum Gasteiger partial charge on any atom is -0.378 e. The van der Waals surface area contributed by atoms with Gasteiger partial charge in [0.05, 0.1) is 26.9 Å². The van der Waals surface area contributed by atoms with Gasteiger partial charge in [0, 0.05) is 31.9 Å². The van der Waals surface area contributed by atoms with Crippen LogP contribution in [0.25, 0.3) is 20.8 Å². The van der Waals surface area contributed by atoms with Crippen molar-refractivity contribution in [1.29, 1.82) is 0 Å². The number of rotatable bonds is 7. The average Bonchev–Trinajstić information content (AvgIpc) is 3.05. The molecule has 4 aromatic rings. The molecule has 2 aliphatic rings. The lowest BCUT2D eigenvalue weighted by Gasteiger charge is -2.43. The second kappa shape index (κ2) is 13.8. The van der Waals surface area contributed by atoms with Crippen LogP contribution in [0.5, 0.6) is 0 Å². The Morgan fingerprint density at radius 3 is 1.74 bits per heavy atom. The maximum Gasteiger partial charge on any atom is 0.201 e. The Morgan fingerprint density at radius 1 is 0.698 bits per heavy atom. The van der Waals surface area contributed by atoms with Crippen molar-refractivity contribution in [3.63, 3.8) is 0 Å². The van der Waals surface area contributed by atoms with E-state index in [1.165, 1.54) is 56.2 Å². The first-order valence-corrected chi connectivity index (χ1v) is 16.1. The van der Waals surface area contributed by atoms with Crippen LogP contribution in [0.3, 0.4) is 0 Å². The second-order valence-electron chi connectivity index (χ2n) is 11.7. The number of hydrogen-bond donors (Lipinski definition) is 0. The fourth-order valence-electron chi connectivity index (χ4n) is 6.09. The van der Waals surface area contributed by atoms with Gasteiger partial charge in [-0.05, 0) is 24.3 Å². The van der Waals surface area contributed by atoms with Gasteiger partial charge in [0.2, 0.25) is 5.36 Å². The van der Waals surface area contributed by atoms with Gasteiger partial charge in [0.15, 0.2) is 0 Å². The molecule has 1 aliphatic carbocycles. The van der Waals surface area contributed by atoms with Crippen LogP contribution < -0.4 is 31.2 Å². The van der Waals surface area contributed by atoms with Crippen molar-refractivity contribution >= 4 is 49.8 Å². The second-order valence-corrected chi connectivity index (χ2v) is 12.8. The Hall–Kier alpha value is -4.22. The van der Waals surface area contributed by atoms with Crippen molar-refractivity contribution in [2.45, 2.75) is 26.1 Å². The predicted octanol–water partition coefficient (Wildman–Crippen LogP) is 6.46. The Bertz CT molecular complexity index is 1700. The number of fused-ring (bicyclic) bond motifs is 2. The summed E-state index contributed by atoms with van der Waals surface area (Å²) in [5.41, 5.74) is 7.66. The molecular weight excluding hydrogens is 541 g/mol. The van der Waals surface area contributed by atoms with Crippen LogP contribution in [0.2, 0.25) is 6.32 Å². The first kappa shape index (κ1) is 30.2. The maximum absolute atomic E-state index is 4.75. The molecule has 0 N–H and O–H groups in total. The highest BCUT2D eigenvalue weighted by molar-refractivity contribution is 7.21. The molecule has 0 aromatic heterocycles. The first-order chi connectivity index (χ1) is 20.9. The molecule has 3 nitrogen and oxygen atoms in total. The summed E-state index contributed by atoms with van der Waals surface area (Å²) in [6.07, 6.45) is 2.73. The zero-order chi connectivity index (χ0) is 30.2. The number of aromatic nitrogens is 1. The smallest absolute Gasteiger partial charge is 0.201 e. The zero-order valence-corrected chi connectivity index (χ0v) is 26.9. The van der Waals surface area contributed by atoms with Gasteiger partial charge in [0.25, 0.3) is 0 Å². The van der Waals surface area contributed by atoms with Gasteiger partial charge >= 0.3 is 0 Å². The molecule has 0 radical (unpaired) electrons. The topological polar surface area (TPSA) is 19.1 Å². The number of benzene rings is 5. The molecule has 0 atom stereocenters. The third kappa shape index (κ3) is 6.73. The number of unbranched alkanes of at least 4 members (excludes halogenated alkanes) is 1. The fraction of sp³-hybridized carbons (Fsp3) is 0.211. The Morgan fingerprint density at radius 2 is 1.26 bits per heavy atom. The van der Waals surface area contributed by atoms with Gasteiger partial charge in [-0.3, -0.25) is 0 Å². The molecule has 0 fully saturated rings. The largest absolute Gasteiger partial charge is 0.378 e. The highest BCUT2D eigenvalue weighted by Crippen LogP contribution is 2.31. The minimum absolute atomic E-state index is 0.913. The third-order valence-electron chi connectivity index (χ3n) is 8.48. The molecule has 0 unspecified atom stereocenters. The van der Waals surface area contributed by atoms with Gasteiger partial charge in [-0.25, -0.2) is 9.56 Å². The van der Waals surface area contributed by atoms with Crippen LogP contribution in [0.1, 0.15) is 19.8 Å². The molecule has 43 heavy (non-hydrogen) atoms. The van der Waals surface area contributed by atoms with E-state index in [2.05, 4.69) is 172 Å². The molecule has 1 aliphatic heterocycles. The zero-order valence-electron chi connectivity index (χ0n) is 26.1. The first-order valence-electron chi connectivity index (χ1n) is 15.3. The highest BCUT2D eigenvalue weighted by Gasteiger charge is 2.28. The van der Waals surface area contributed by atoms with E-state index in [1.54, 1.807) is 11.3 Å². The summed E-state index contributed by atoms with van der Waals surface area (Å²) in [5, 5.41) is 1.21. The summed E-state index contributed by atoms with van der Waals surface area (Å²) in [6, 6.07) is 46.0. The van der Waals surface area contributed by atoms with E-state index in [1.807, 2.05) is 0 Å². The number of hydrogen-bond acceptors (Lipinski definition) is 3. The molecule has 0 saturated carbocycles. The average molecular weight is 584 g/mol. The molecular formula is C38H42BN3S. The lowest BCUT2D eigenvalue weighted by Crippen LogP contribution is -2.66. The van der Waals surface area contributed by atoms with Crippen LogP contribution in [0.15, 0.2) is 127 Å². The van der Waals surface area contributed by atoms with Gasteiger partial charge in [-0.2, -0.15) is 22.7 Å². The summed E-state index contributed by atoms with van der Waals surface area (Å²) >= 11 is 1.80. The van der Waals surface area contributed by atoms with Gasteiger partial charge in [0.1, 0.15) is 14.1 Å². The maximum atomic E-state index is 4.75. The van der Waals surface area contributed by atoms with E-state index < -0.39 is 6.15 Å². The van der Waals surface area contributed by atoms with Crippen LogP contribution in [-0.2, 0) is 0 Å². The van der Waals surface area contributed by atoms with Crippen molar-refractivity contribution in [3.05, 3.63) is 133 Å². The number of anilines is 1. The molecule has 0 saturated heterocycles. The summed E-state index contributed by atoms with van der Waals surface area (Å²) in [7, 11) is 8.24. The summed E-state index contributed by atoms with van der Waals surface area (Å²) in [5.74, 6) is 0. The predicted molar refractivity (Wildman–Crippen MR) is 191 cm³/mol. The normalized spacial score (nSPS) is 11.2. The quantitative estimate of drug-likeness (QED) is 0.122. The third-order valence-corrected chi connectivity index (χ3v) is 9.57. The van der Waals surface area contributed by atoms with Crippen molar-refractivity contribution in [3.8, 4) is 10.6 Å². The molecule has 4 aromatic carbocycles. The van der Waals surface area contributed by atoms with E-state index >= 15 is 0 Å². The molecule has 218 valence electrons. The SMILES string of the molecule is CCCC[B-](c1ccccc1)(c1ccccc1)c1ccccc1.CN(C)c1ccc2nc3ccc(=[N+](C)C)cc-3sc2c1. The van der Waals surface area contributed by atoms with E-state index in [0.717, 1.165) is 11.2 Å². The summed E-state index contributed by atoms with van der Waals surface area (Å²) < 4.78 is 3.34. The number of nitrogens with zero attached hydrogens (tertiary/aromatic N) is 3. The van der Waals surface area contributed by atoms with Crippen LogP contribution >= 0.6 is 11.3 Å². The summed E-state index contributed by atoms with van der Waals surface area (Å²) in [4.78, 5) is 8.09. The monoisotopic (exact) mass is 583 g/mol. The van der Waals surface area contributed by atoms with Crippen molar-refractivity contribution in [2.75, 3.05) is 33.1 Å². The van der Waals surface area contributed by atoms with E-state index in [9.17, 15) is 0 Å². The van der Waals surface area contributed by atoms with Crippen molar-refractivity contribution in [1.82, 2.24) is 9.56 Å². The lowest BCUT2D eigenvalue weighted by atomic mass is 9.14. The van der Waals surface area contributed by atoms with Crippen LogP contribution in [-0.4, -0.2) is 39.3 Å². The van der Waals surface area contributed by atoms with E-state index in [-0.39, 0.29) is 0 Å². The fourth-order valence-corrected chi connectivity index (χ4v) is 7.12. The standard InChI is InChI=1S/C22H24B.C16H18N3S/c1-2-3-19-23(20-13-7-4-8-14-20,21-15-9-5-10-16-21)22-17-11-6-12-18-22;1-18(2)11-5-7-13-15(9-11)20-16-10-12(19(3)4)6-8-14(16)17-13/h4-18H,2-3,19H2,1H3;5-10H,1-4H3/q-1;+1. The molecule has 6 rings (SSSR count). The van der Waals surface area contributed by atoms with Crippen LogP contribution in [0.4, 0.5) is 5.69 Å². The Kier molecular flexibility index (Phi) is 9.73. The minimum atomic E-state index is -0.913. The van der Waals surface area contributed by atoms with Gasteiger partial charge < -0.3 is 4.90 Å². The Balaban J connectivity index is 0.000000173. The van der Waals surface area contributed by atoms with Gasteiger partial charge in [-0.15, -0.1) is 11.3 Å². The van der Waals surface area contributed by atoms with Crippen LogP contribution in [0, 0.1) is 0 Å². The lowest BCUT2D eigenvalue weighted by molar-refractivity contribution is 0.814. The molecule has 0 bridgehead atoms. The van der Waals surface area contributed by atoms with E-state index in [4.69, 9.17) is 4.98 Å². The molecule has 1 heterocycles. The molecule has 0 spiro atoms. The van der Waals surface area contributed by atoms with E-state index in [0.29, 0.717) is 0 Å². The van der Waals surface area contributed by atoms with Crippen molar-refractivity contribution < 1.29 is 0 Å². The Labute approximate surface area is 261 Å². The molecule has 5 heteroatoms. The highest BCUT2D eigenvalue weighted by atomic mass is 32.1. The van der Waals surface area contributed by atoms with Gasteiger partial charge in [-0.1, -0.05) is 111 Å². The summed E-state index contributed by atoms with van der Waals surface area (Å²) in [6.45, 7) is 2.28. The molecule has 0 amide bonds. The van der Waals surface area contributed by atoms with Crippen molar-refractivity contribution in [2.24, 2.45) is 0 Å².